The van der Waals surface area contributed by atoms with Gasteiger partial charge in [-0.05, 0) is 42.2 Å². The van der Waals surface area contributed by atoms with Gasteiger partial charge in [-0.25, -0.2) is 0 Å². The molecule has 94 valence electrons. The van der Waals surface area contributed by atoms with Crippen LogP contribution in [-0.4, -0.2) is 5.11 Å². The van der Waals surface area contributed by atoms with Crippen molar-refractivity contribution in [3.63, 3.8) is 0 Å². The summed E-state index contributed by atoms with van der Waals surface area (Å²) in [6.07, 6.45) is 4.35. The Bertz CT molecular complexity index is 368. The first-order valence-corrected chi connectivity index (χ1v) is 6.89. The molecule has 0 saturated heterocycles. The topological polar surface area (TPSA) is 20.2 Å². The Hall–Kier alpha value is -0.820. The third kappa shape index (κ3) is 2.26. The van der Waals surface area contributed by atoms with E-state index in [-0.39, 0.29) is 0 Å². The van der Waals surface area contributed by atoms with Crippen molar-refractivity contribution in [2.45, 2.75) is 52.1 Å². The fourth-order valence-corrected chi connectivity index (χ4v) is 3.08. The molecule has 1 aliphatic rings. The maximum Gasteiger partial charge on any atom is 0.0924 e. The lowest BCUT2D eigenvalue weighted by Gasteiger charge is -2.42. The van der Waals surface area contributed by atoms with Gasteiger partial charge in [-0.1, -0.05) is 51.5 Å². The van der Waals surface area contributed by atoms with Gasteiger partial charge in [-0.3, -0.25) is 0 Å². The highest BCUT2D eigenvalue weighted by Crippen LogP contribution is 2.44. The molecule has 17 heavy (non-hydrogen) atoms. The summed E-state index contributed by atoms with van der Waals surface area (Å²) in [5.41, 5.74) is 1.84. The highest BCUT2D eigenvalue weighted by molar-refractivity contribution is 5.28. The Morgan fingerprint density at radius 1 is 1.24 bits per heavy atom. The van der Waals surface area contributed by atoms with E-state index in [9.17, 15) is 5.11 Å². The second-order valence-electron chi connectivity index (χ2n) is 5.63. The van der Waals surface area contributed by atoms with Gasteiger partial charge >= 0.3 is 0 Å². The van der Waals surface area contributed by atoms with E-state index in [2.05, 4.69) is 45.0 Å². The third-order valence-corrected chi connectivity index (χ3v) is 4.69. The lowest BCUT2D eigenvalue weighted by molar-refractivity contribution is -0.0688. The third-order valence-electron chi connectivity index (χ3n) is 4.69. The summed E-state index contributed by atoms with van der Waals surface area (Å²) in [5, 5.41) is 10.9. The van der Waals surface area contributed by atoms with Crippen LogP contribution in [0.4, 0.5) is 0 Å². The number of aryl methyl sites for hydroxylation is 1. The molecule has 1 N–H and O–H groups in total. The van der Waals surface area contributed by atoms with E-state index in [1.54, 1.807) is 0 Å². The molecule has 1 aliphatic carbocycles. The van der Waals surface area contributed by atoms with Gasteiger partial charge < -0.3 is 5.11 Å². The smallest absolute Gasteiger partial charge is 0.0924 e. The molecule has 3 unspecified atom stereocenters. The monoisotopic (exact) mass is 232 g/mol. The lowest BCUT2D eigenvalue weighted by atomic mass is 9.67. The summed E-state index contributed by atoms with van der Waals surface area (Å²) in [6, 6.07) is 8.54. The van der Waals surface area contributed by atoms with Crippen LogP contribution in [0.5, 0.6) is 0 Å². The molecule has 1 nitrogen and oxygen atoms in total. The number of hydrogen-bond donors (Lipinski definition) is 1. The SMILES string of the molecule is CCc1ccc(C2(O)CCCC(C)C2C)cc1. The van der Waals surface area contributed by atoms with Crippen molar-refractivity contribution in [3.8, 4) is 0 Å². The predicted molar refractivity (Wildman–Crippen MR) is 71.9 cm³/mol. The Morgan fingerprint density at radius 2 is 1.88 bits per heavy atom. The molecule has 1 aromatic rings. The molecule has 0 amide bonds. The van der Waals surface area contributed by atoms with Crippen LogP contribution in [0, 0.1) is 11.8 Å². The maximum atomic E-state index is 10.9. The number of rotatable bonds is 2. The van der Waals surface area contributed by atoms with Gasteiger partial charge in [0.25, 0.3) is 0 Å². The molecular weight excluding hydrogens is 208 g/mol. The van der Waals surface area contributed by atoms with Crippen molar-refractivity contribution < 1.29 is 5.11 Å². The molecule has 3 atom stereocenters. The Balaban J connectivity index is 2.29. The summed E-state index contributed by atoms with van der Waals surface area (Å²) in [6.45, 7) is 6.61. The first-order valence-electron chi connectivity index (χ1n) is 6.89. The van der Waals surface area contributed by atoms with Gasteiger partial charge in [0.2, 0.25) is 0 Å². The summed E-state index contributed by atoms with van der Waals surface area (Å²) < 4.78 is 0. The quantitative estimate of drug-likeness (QED) is 0.820. The molecule has 1 saturated carbocycles. The minimum Gasteiger partial charge on any atom is -0.385 e. The van der Waals surface area contributed by atoms with E-state index >= 15 is 0 Å². The first kappa shape index (κ1) is 12.6. The van der Waals surface area contributed by atoms with Crippen molar-refractivity contribution in [2.24, 2.45) is 11.8 Å². The molecule has 0 bridgehead atoms. The van der Waals surface area contributed by atoms with Crippen LogP contribution in [0.25, 0.3) is 0 Å². The number of benzene rings is 1. The van der Waals surface area contributed by atoms with Crippen LogP contribution in [-0.2, 0) is 12.0 Å². The lowest BCUT2D eigenvalue weighted by Crippen LogP contribution is -2.40. The van der Waals surface area contributed by atoms with Crippen LogP contribution >= 0.6 is 0 Å². The Labute approximate surface area is 105 Å². The second kappa shape index (κ2) is 4.81. The minimum atomic E-state index is -0.607. The summed E-state index contributed by atoms with van der Waals surface area (Å²) in [4.78, 5) is 0. The largest absolute Gasteiger partial charge is 0.385 e. The van der Waals surface area contributed by atoms with Crippen LogP contribution in [0.3, 0.4) is 0 Å². The molecule has 1 heteroatoms. The Morgan fingerprint density at radius 3 is 2.47 bits per heavy atom. The van der Waals surface area contributed by atoms with Crippen molar-refractivity contribution >= 4 is 0 Å². The van der Waals surface area contributed by atoms with E-state index in [0.717, 1.165) is 24.8 Å². The highest BCUT2D eigenvalue weighted by atomic mass is 16.3. The van der Waals surface area contributed by atoms with Crippen molar-refractivity contribution in [1.29, 1.82) is 0 Å². The van der Waals surface area contributed by atoms with Gasteiger partial charge in [0.15, 0.2) is 0 Å². The fraction of sp³-hybridized carbons (Fsp3) is 0.625. The minimum absolute atomic E-state index is 0.351. The van der Waals surface area contributed by atoms with Crippen molar-refractivity contribution in [3.05, 3.63) is 35.4 Å². The van der Waals surface area contributed by atoms with Crippen LogP contribution in [0.2, 0.25) is 0 Å². The zero-order chi connectivity index (χ0) is 12.5. The molecule has 1 aromatic carbocycles. The van der Waals surface area contributed by atoms with Crippen molar-refractivity contribution in [2.75, 3.05) is 0 Å². The summed E-state index contributed by atoms with van der Waals surface area (Å²) >= 11 is 0. The predicted octanol–water partition coefficient (Wildman–Crippen LogP) is 3.89. The average Bonchev–Trinajstić information content (AvgIpc) is 2.36. The summed E-state index contributed by atoms with van der Waals surface area (Å²) in [7, 11) is 0. The van der Waals surface area contributed by atoms with E-state index < -0.39 is 5.60 Å². The standard InChI is InChI=1S/C16H24O/c1-4-14-7-9-15(10-8-14)16(17)11-5-6-12(2)13(16)3/h7-10,12-13,17H,4-6,11H2,1-3H3. The van der Waals surface area contributed by atoms with E-state index in [1.807, 2.05) is 0 Å². The Kier molecular flexibility index (Phi) is 3.58. The maximum absolute atomic E-state index is 10.9. The molecule has 2 rings (SSSR count). The molecule has 0 heterocycles. The number of hydrogen-bond acceptors (Lipinski definition) is 1. The second-order valence-corrected chi connectivity index (χ2v) is 5.63. The normalized spacial score (nSPS) is 33.6. The fourth-order valence-electron chi connectivity index (χ4n) is 3.08. The molecule has 0 radical (unpaired) electrons. The van der Waals surface area contributed by atoms with Crippen LogP contribution in [0.15, 0.2) is 24.3 Å². The highest BCUT2D eigenvalue weighted by Gasteiger charge is 2.40. The van der Waals surface area contributed by atoms with E-state index in [0.29, 0.717) is 11.8 Å². The van der Waals surface area contributed by atoms with Gasteiger partial charge in [0.05, 0.1) is 5.60 Å². The molecular formula is C16H24O. The molecule has 0 aromatic heterocycles. The molecule has 0 aliphatic heterocycles. The number of aliphatic hydroxyl groups is 1. The van der Waals surface area contributed by atoms with Gasteiger partial charge in [-0.15, -0.1) is 0 Å². The van der Waals surface area contributed by atoms with E-state index in [1.165, 1.54) is 12.0 Å². The van der Waals surface area contributed by atoms with Gasteiger partial charge in [0.1, 0.15) is 0 Å². The van der Waals surface area contributed by atoms with Crippen LogP contribution < -0.4 is 0 Å². The van der Waals surface area contributed by atoms with Crippen LogP contribution in [0.1, 0.15) is 51.2 Å². The van der Waals surface area contributed by atoms with Crippen molar-refractivity contribution in [1.82, 2.24) is 0 Å². The molecule has 0 spiro atoms. The van der Waals surface area contributed by atoms with E-state index in [4.69, 9.17) is 0 Å². The first-order chi connectivity index (χ1) is 8.08. The van der Waals surface area contributed by atoms with Gasteiger partial charge in [0, 0.05) is 0 Å². The molecule has 1 fully saturated rings. The van der Waals surface area contributed by atoms with Gasteiger partial charge in [-0.2, -0.15) is 0 Å². The zero-order valence-corrected chi connectivity index (χ0v) is 11.2. The average molecular weight is 232 g/mol. The zero-order valence-electron chi connectivity index (χ0n) is 11.2. The summed E-state index contributed by atoms with van der Waals surface area (Å²) in [5.74, 6) is 0.961.